The lowest BCUT2D eigenvalue weighted by Crippen LogP contribution is -2.46. The van der Waals surface area contributed by atoms with E-state index in [4.69, 9.17) is 5.11 Å². The summed E-state index contributed by atoms with van der Waals surface area (Å²) >= 11 is 0. The predicted octanol–water partition coefficient (Wildman–Crippen LogP) is 2.60. The Morgan fingerprint density at radius 2 is 1.79 bits per heavy atom. The number of fused-ring (bicyclic) bond motifs is 1. The number of halogens is 3. The number of piperidine rings is 1. The van der Waals surface area contributed by atoms with E-state index in [1.165, 1.54) is 4.90 Å². The molecule has 2 amide bonds. The standard InChI is InChI=1S/C16H17F3N2O3/c17-10-7-9-1-2-11(12(9)14(19)13(10)18)20-16(24)21-5-3-8(4-6-21)15(22)23/h7-8,11H,1-6H2,(H,20,24)(H,22,23). The molecule has 0 bridgehead atoms. The molecule has 0 radical (unpaired) electrons. The second kappa shape index (κ2) is 6.33. The predicted molar refractivity (Wildman–Crippen MR) is 77.8 cm³/mol. The Kier molecular flexibility index (Phi) is 4.38. The van der Waals surface area contributed by atoms with Crippen LogP contribution in [0.4, 0.5) is 18.0 Å². The zero-order valence-electron chi connectivity index (χ0n) is 12.8. The van der Waals surface area contributed by atoms with Crippen molar-refractivity contribution in [1.29, 1.82) is 0 Å². The van der Waals surface area contributed by atoms with E-state index in [1.807, 2.05) is 0 Å². The third-order valence-corrected chi connectivity index (χ3v) is 4.77. The fourth-order valence-corrected chi connectivity index (χ4v) is 3.40. The molecule has 24 heavy (non-hydrogen) atoms. The van der Waals surface area contributed by atoms with Gasteiger partial charge in [-0.05, 0) is 37.3 Å². The van der Waals surface area contributed by atoms with Crippen LogP contribution >= 0.6 is 0 Å². The third kappa shape index (κ3) is 2.92. The van der Waals surface area contributed by atoms with E-state index in [2.05, 4.69) is 5.32 Å². The summed E-state index contributed by atoms with van der Waals surface area (Å²) in [7, 11) is 0. The van der Waals surface area contributed by atoms with Crippen molar-refractivity contribution in [1.82, 2.24) is 10.2 Å². The third-order valence-electron chi connectivity index (χ3n) is 4.77. The number of rotatable bonds is 2. The zero-order chi connectivity index (χ0) is 17.4. The van der Waals surface area contributed by atoms with Gasteiger partial charge in [-0.3, -0.25) is 4.79 Å². The van der Waals surface area contributed by atoms with Crippen molar-refractivity contribution in [3.8, 4) is 0 Å². The van der Waals surface area contributed by atoms with Crippen LogP contribution in [0.1, 0.15) is 36.4 Å². The van der Waals surface area contributed by atoms with Gasteiger partial charge in [-0.2, -0.15) is 0 Å². The average molecular weight is 342 g/mol. The zero-order valence-corrected chi connectivity index (χ0v) is 12.8. The lowest BCUT2D eigenvalue weighted by molar-refractivity contribution is -0.143. The molecule has 2 aliphatic rings. The minimum absolute atomic E-state index is 0.00247. The van der Waals surface area contributed by atoms with Gasteiger partial charge in [0.1, 0.15) is 0 Å². The van der Waals surface area contributed by atoms with Crippen LogP contribution < -0.4 is 5.32 Å². The van der Waals surface area contributed by atoms with Crippen LogP contribution in [0.25, 0.3) is 0 Å². The van der Waals surface area contributed by atoms with Gasteiger partial charge >= 0.3 is 12.0 Å². The molecule has 1 aliphatic carbocycles. The highest BCUT2D eigenvalue weighted by Crippen LogP contribution is 2.35. The number of nitrogens with zero attached hydrogens (tertiary/aromatic N) is 1. The first-order valence-electron chi connectivity index (χ1n) is 7.83. The van der Waals surface area contributed by atoms with Gasteiger partial charge in [0.2, 0.25) is 0 Å². The number of urea groups is 1. The number of hydrogen-bond acceptors (Lipinski definition) is 2. The quantitative estimate of drug-likeness (QED) is 0.812. The summed E-state index contributed by atoms with van der Waals surface area (Å²) in [6.45, 7) is 0.589. The molecule has 1 aliphatic heterocycles. The number of likely N-dealkylation sites (tertiary alicyclic amines) is 1. The molecule has 1 fully saturated rings. The summed E-state index contributed by atoms with van der Waals surface area (Å²) < 4.78 is 40.7. The molecule has 1 atom stereocenters. The Balaban J connectivity index is 1.68. The molecule has 5 nitrogen and oxygen atoms in total. The topological polar surface area (TPSA) is 69.6 Å². The van der Waals surface area contributed by atoms with Gasteiger partial charge in [-0.25, -0.2) is 18.0 Å². The van der Waals surface area contributed by atoms with E-state index in [0.29, 0.717) is 44.3 Å². The van der Waals surface area contributed by atoms with Gasteiger partial charge in [0.05, 0.1) is 12.0 Å². The lowest BCUT2D eigenvalue weighted by Gasteiger charge is -2.31. The van der Waals surface area contributed by atoms with Crippen molar-refractivity contribution in [3.05, 3.63) is 34.6 Å². The van der Waals surface area contributed by atoms with Gasteiger partial charge in [-0.1, -0.05) is 0 Å². The van der Waals surface area contributed by atoms with Crippen LogP contribution in [0.15, 0.2) is 6.07 Å². The number of carbonyl (C=O) groups is 2. The first-order chi connectivity index (χ1) is 11.4. The fraction of sp³-hybridized carbons (Fsp3) is 0.500. The molecule has 1 aromatic carbocycles. The molecule has 1 saturated heterocycles. The first-order valence-corrected chi connectivity index (χ1v) is 7.83. The van der Waals surface area contributed by atoms with Crippen LogP contribution in [-0.2, 0) is 11.2 Å². The minimum Gasteiger partial charge on any atom is -0.481 e. The van der Waals surface area contributed by atoms with E-state index in [-0.39, 0.29) is 5.56 Å². The van der Waals surface area contributed by atoms with Crippen LogP contribution in [0.3, 0.4) is 0 Å². The number of nitrogens with one attached hydrogen (secondary N) is 1. The monoisotopic (exact) mass is 342 g/mol. The van der Waals surface area contributed by atoms with Crippen molar-refractivity contribution in [2.45, 2.75) is 31.7 Å². The summed E-state index contributed by atoms with van der Waals surface area (Å²) in [6.07, 6.45) is 1.44. The fourth-order valence-electron chi connectivity index (χ4n) is 3.40. The highest BCUT2D eigenvalue weighted by atomic mass is 19.2. The number of carboxylic acids is 1. The maximum Gasteiger partial charge on any atom is 0.317 e. The molecule has 1 aromatic rings. The maximum absolute atomic E-state index is 14.0. The summed E-state index contributed by atoms with van der Waals surface area (Å²) in [5.74, 6) is -5.35. The normalized spacial score (nSPS) is 20.8. The Hall–Kier alpha value is -2.25. The van der Waals surface area contributed by atoms with Crippen LogP contribution in [-0.4, -0.2) is 35.1 Å². The lowest BCUT2D eigenvalue weighted by atomic mass is 9.97. The smallest absolute Gasteiger partial charge is 0.317 e. The van der Waals surface area contributed by atoms with Crippen molar-refractivity contribution in [2.24, 2.45) is 5.92 Å². The molecule has 1 unspecified atom stereocenters. The number of hydrogen-bond donors (Lipinski definition) is 2. The molecule has 0 saturated carbocycles. The Labute approximate surface area is 136 Å². The first kappa shape index (κ1) is 16.6. The van der Waals surface area contributed by atoms with E-state index < -0.39 is 41.4 Å². The number of aliphatic carboxylic acids is 1. The Morgan fingerprint density at radius 3 is 2.42 bits per heavy atom. The summed E-state index contributed by atoms with van der Waals surface area (Å²) in [5, 5.41) is 11.6. The van der Waals surface area contributed by atoms with E-state index >= 15 is 0 Å². The average Bonchev–Trinajstić information content (AvgIpc) is 2.95. The number of carboxylic acid groups (broad SMARTS) is 1. The summed E-state index contributed by atoms with van der Waals surface area (Å²) in [4.78, 5) is 24.7. The van der Waals surface area contributed by atoms with Crippen molar-refractivity contribution in [2.75, 3.05) is 13.1 Å². The van der Waals surface area contributed by atoms with Gasteiger partial charge in [0.15, 0.2) is 17.5 Å². The number of carbonyl (C=O) groups excluding carboxylic acids is 1. The second-order valence-electron chi connectivity index (χ2n) is 6.20. The molecule has 1 heterocycles. The minimum atomic E-state index is -1.53. The van der Waals surface area contributed by atoms with E-state index in [9.17, 15) is 22.8 Å². The van der Waals surface area contributed by atoms with Crippen molar-refractivity contribution in [3.63, 3.8) is 0 Å². The maximum atomic E-state index is 14.0. The molecule has 0 spiro atoms. The SMILES string of the molecule is O=C(O)C1CCN(C(=O)NC2CCc3cc(F)c(F)c(F)c32)CC1. The molecule has 8 heteroatoms. The van der Waals surface area contributed by atoms with E-state index in [0.717, 1.165) is 6.07 Å². The molecular weight excluding hydrogens is 325 g/mol. The number of amides is 2. The molecule has 2 N–H and O–H groups in total. The van der Waals surface area contributed by atoms with Crippen molar-refractivity contribution < 1.29 is 27.9 Å². The Morgan fingerprint density at radius 1 is 1.12 bits per heavy atom. The molecular formula is C16H17F3N2O3. The van der Waals surface area contributed by atoms with Gasteiger partial charge < -0.3 is 15.3 Å². The van der Waals surface area contributed by atoms with Crippen LogP contribution in [0, 0.1) is 23.4 Å². The van der Waals surface area contributed by atoms with Gasteiger partial charge in [0, 0.05) is 18.7 Å². The summed E-state index contributed by atoms with van der Waals surface area (Å²) in [5.41, 5.74) is 0.365. The number of benzene rings is 1. The largest absolute Gasteiger partial charge is 0.481 e. The Bertz CT molecular complexity index is 688. The van der Waals surface area contributed by atoms with Crippen LogP contribution in [0.2, 0.25) is 0 Å². The second-order valence-corrected chi connectivity index (χ2v) is 6.20. The number of aryl methyl sites for hydroxylation is 1. The summed E-state index contributed by atoms with van der Waals surface area (Å²) in [6, 6.07) is -0.182. The van der Waals surface area contributed by atoms with E-state index in [1.54, 1.807) is 0 Å². The van der Waals surface area contributed by atoms with Gasteiger partial charge in [-0.15, -0.1) is 0 Å². The van der Waals surface area contributed by atoms with Crippen molar-refractivity contribution >= 4 is 12.0 Å². The molecule has 130 valence electrons. The highest BCUT2D eigenvalue weighted by molar-refractivity contribution is 5.76. The van der Waals surface area contributed by atoms with Gasteiger partial charge in [0.25, 0.3) is 0 Å². The highest BCUT2D eigenvalue weighted by Gasteiger charge is 2.33. The molecule has 3 rings (SSSR count). The molecule has 0 aromatic heterocycles. The van der Waals surface area contributed by atoms with Crippen LogP contribution in [0.5, 0.6) is 0 Å².